The summed E-state index contributed by atoms with van der Waals surface area (Å²) >= 11 is 4.64. The van der Waals surface area contributed by atoms with Crippen LogP contribution in [0.5, 0.6) is 0 Å². The van der Waals surface area contributed by atoms with Crippen molar-refractivity contribution in [2.45, 2.75) is 5.25 Å². The molecular weight excluding hydrogens is 356 g/mol. The van der Waals surface area contributed by atoms with Crippen molar-refractivity contribution in [3.63, 3.8) is 0 Å². The van der Waals surface area contributed by atoms with Crippen LogP contribution in [0.25, 0.3) is 22.6 Å². The Balaban J connectivity index is 1.57. The Kier molecular flexibility index (Phi) is 4.69. The number of thiol groups is 1. The van der Waals surface area contributed by atoms with E-state index in [2.05, 4.69) is 33.9 Å². The molecule has 0 radical (unpaired) electrons. The summed E-state index contributed by atoms with van der Waals surface area (Å²) in [7, 11) is 0. The largest absolute Gasteiger partial charge is 0.419 e. The van der Waals surface area contributed by atoms with Gasteiger partial charge in [0.05, 0.1) is 11.6 Å². The summed E-state index contributed by atoms with van der Waals surface area (Å²) in [5, 5.41) is 16.9. The maximum atomic E-state index is 9.05. The lowest BCUT2D eigenvalue weighted by Gasteiger charge is -2.08. The summed E-state index contributed by atoms with van der Waals surface area (Å²) in [5.74, 6) is 0.876. The molecule has 2 aromatic carbocycles. The van der Waals surface area contributed by atoms with Crippen molar-refractivity contribution >= 4 is 12.6 Å². The lowest BCUT2D eigenvalue weighted by Crippen LogP contribution is -1.94. The van der Waals surface area contributed by atoms with Gasteiger partial charge in [-0.3, -0.25) is 4.98 Å². The van der Waals surface area contributed by atoms with Gasteiger partial charge in [0.1, 0.15) is 5.25 Å². The van der Waals surface area contributed by atoms with Crippen LogP contribution in [0, 0.1) is 11.3 Å². The summed E-state index contributed by atoms with van der Waals surface area (Å²) < 4.78 is 5.77. The maximum Gasteiger partial charge on any atom is 0.247 e. The minimum absolute atomic E-state index is 0.326. The fourth-order valence-electron chi connectivity index (χ4n) is 2.72. The zero-order chi connectivity index (χ0) is 18.6. The van der Waals surface area contributed by atoms with Crippen molar-refractivity contribution in [1.29, 1.82) is 5.26 Å². The SMILES string of the molecule is N#Cc1cccc(-c2ccc(C(S)c3nnc(-c4ccncc4)o3)cc2)c1. The van der Waals surface area contributed by atoms with Crippen LogP contribution >= 0.6 is 12.6 Å². The molecule has 130 valence electrons. The van der Waals surface area contributed by atoms with Crippen molar-refractivity contribution < 1.29 is 4.42 Å². The molecular formula is C21H14N4OS. The van der Waals surface area contributed by atoms with Crippen molar-refractivity contribution in [3.8, 4) is 28.7 Å². The van der Waals surface area contributed by atoms with E-state index >= 15 is 0 Å². The Morgan fingerprint density at radius 2 is 1.67 bits per heavy atom. The quantitative estimate of drug-likeness (QED) is 0.528. The van der Waals surface area contributed by atoms with E-state index in [1.807, 2.05) is 54.6 Å². The molecule has 0 aliphatic rings. The molecule has 2 heterocycles. The average molecular weight is 370 g/mol. The summed E-state index contributed by atoms with van der Waals surface area (Å²) in [6, 6.07) is 21.2. The molecule has 4 aromatic rings. The van der Waals surface area contributed by atoms with Gasteiger partial charge < -0.3 is 4.42 Å². The number of nitrogens with zero attached hydrogens (tertiary/aromatic N) is 4. The normalized spacial score (nSPS) is 11.7. The Hall–Kier alpha value is -3.43. The Morgan fingerprint density at radius 1 is 0.889 bits per heavy atom. The monoisotopic (exact) mass is 370 g/mol. The molecule has 0 spiro atoms. The first-order chi connectivity index (χ1) is 13.2. The average Bonchev–Trinajstić information content (AvgIpc) is 3.24. The highest BCUT2D eigenvalue weighted by molar-refractivity contribution is 7.80. The molecule has 0 aliphatic heterocycles. The Bertz CT molecular complexity index is 1100. The maximum absolute atomic E-state index is 9.05. The number of aromatic nitrogens is 3. The second kappa shape index (κ2) is 7.44. The van der Waals surface area contributed by atoms with Gasteiger partial charge in [-0.25, -0.2) is 0 Å². The molecule has 0 saturated heterocycles. The van der Waals surface area contributed by atoms with Crippen LogP contribution in [0.2, 0.25) is 0 Å². The molecule has 6 heteroatoms. The number of pyridine rings is 1. The Labute approximate surface area is 161 Å². The minimum atomic E-state index is -0.326. The third-order valence-electron chi connectivity index (χ3n) is 4.15. The van der Waals surface area contributed by atoms with Crippen LogP contribution in [-0.4, -0.2) is 15.2 Å². The van der Waals surface area contributed by atoms with Crippen LogP contribution in [0.15, 0.2) is 77.5 Å². The second-order valence-corrected chi connectivity index (χ2v) is 6.41. The molecule has 4 rings (SSSR count). The summed E-state index contributed by atoms with van der Waals surface area (Å²) in [5.41, 5.74) is 4.42. The van der Waals surface area contributed by atoms with E-state index in [1.165, 1.54) is 0 Å². The van der Waals surface area contributed by atoms with Gasteiger partial charge in [-0.2, -0.15) is 17.9 Å². The molecule has 0 aliphatic carbocycles. The zero-order valence-corrected chi connectivity index (χ0v) is 15.0. The van der Waals surface area contributed by atoms with Crippen LogP contribution in [0.1, 0.15) is 22.3 Å². The first kappa shape index (κ1) is 17.0. The molecule has 27 heavy (non-hydrogen) atoms. The van der Waals surface area contributed by atoms with Crippen molar-refractivity contribution in [2.24, 2.45) is 0 Å². The summed E-state index contributed by atoms with van der Waals surface area (Å²) in [6.45, 7) is 0. The third-order valence-corrected chi connectivity index (χ3v) is 4.67. The van der Waals surface area contributed by atoms with E-state index in [1.54, 1.807) is 18.5 Å². The molecule has 0 saturated carbocycles. The van der Waals surface area contributed by atoms with E-state index in [4.69, 9.17) is 9.68 Å². The third kappa shape index (κ3) is 3.59. The van der Waals surface area contributed by atoms with E-state index in [0.29, 0.717) is 17.3 Å². The van der Waals surface area contributed by atoms with Crippen LogP contribution in [0.4, 0.5) is 0 Å². The van der Waals surface area contributed by atoms with Gasteiger partial charge >= 0.3 is 0 Å². The summed E-state index contributed by atoms with van der Waals surface area (Å²) in [6.07, 6.45) is 3.36. The summed E-state index contributed by atoms with van der Waals surface area (Å²) in [4.78, 5) is 3.98. The molecule has 2 aromatic heterocycles. The van der Waals surface area contributed by atoms with Crippen molar-refractivity contribution in [3.05, 3.63) is 90.1 Å². The van der Waals surface area contributed by atoms with Crippen LogP contribution in [0.3, 0.4) is 0 Å². The van der Waals surface area contributed by atoms with E-state index < -0.39 is 0 Å². The molecule has 1 unspecified atom stereocenters. The Morgan fingerprint density at radius 3 is 2.41 bits per heavy atom. The molecule has 0 amide bonds. The van der Waals surface area contributed by atoms with E-state index in [0.717, 1.165) is 22.3 Å². The van der Waals surface area contributed by atoms with Crippen molar-refractivity contribution in [2.75, 3.05) is 0 Å². The van der Waals surface area contributed by atoms with Gasteiger partial charge in [-0.05, 0) is 41.0 Å². The van der Waals surface area contributed by atoms with Gasteiger partial charge in [-0.1, -0.05) is 36.4 Å². The van der Waals surface area contributed by atoms with Gasteiger partial charge in [0, 0.05) is 18.0 Å². The van der Waals surface area contributed by atoms with E-state index in [9.17, 15) is 0 Å². The van der Waals surface area contributed by atoms with Crippen molar-refractivity contribution in [1.82, 2.24) is 15.2 Å². The minimum Gasteiger partial charge on any atom is -0.419 e. The number of nitriles is 1. The smallest absolute Gasteiger partial charge is 0.247 e. The van der Waals surface area contributed by atoms with Gasteiger partial charge in [0.2, 0.25) is 11.8 Å². The molecule has 0 N–H and O–H groups in total. The van der Waals surface area contributed by atoms with Crippen LogP contribution in [-0.2, 0) is 0 Å². The van der Waals surface area contributed by atoms with Gasteiger partial charge in [0.25, 0.3) is 0 Å². The van der Waals surface area contributed by atoms with E-state index in [-0.39, 0.29) is 5.25 Å². The predicted molar refractivity (Wildman–Crippen MR) is 105 cm³/mol. The highest BCUT2D eigenvalue weighted by Gasteiger charge is 2.18. The fraction of sp³-hybridized carbons (Fsp3) is 0.0476. The molecule has 0 fully saturated rings. The van der Waals surface area contributed by atoms with Gasteiger partial charge in [0.15, 0.2) is 0 Å². The fourth-order valence-corrected chi connectivity index (χ4v) is 3.00. The second-order valence-electron chi connectivity index (χ2n) is 5.90. The molecule has 1 atom stereocenters. The molecule has 0 bridgehead atoms. The highest BCUT2D eigenvalue weighted by atomic mass is 32.1. The predicted octanol–water partition coefficient (Wildman–Crippen LogP) is 4.69. The number of rotatable bonds is 4. The van der Waals surface area contributed by atoms with Crippen LogP contribution < -0.4 is 0 Å². The number of hydrogen-bond donors (Lipinski definition) is 1. The lowest BCUT2D eigenvalue weighted by atomic mass is 10.0. The molecule has 5 nitrogen and oxygen atoms in total. The standard InChI is InChI=1S/C21H14N4OS/c22-13-14-2-1-3-18(12-14)15-4-6-16(7-5-15)19(27)21-25-24-20(26-21)17-8-10-23-11-9-17/h1-12,19,27H. The first-order valence-electron chi connectivity index (χ1n) is 8.27. The highest BCUT2D eigenvalue weighted by Crippen LogP contribution is 2.31. The zero-order valence-electron chi connectivity index (χ0n) is 14.1. The lowest BCUT2D eigenvalue weighted by molar-refractivity contribution is 0.515. The van der Waals surface area contributed by atoms with Gasteiger partial charge in [-0.15, -0.1) is 10.2 Å². The first-order valence-corrected chi connectivity index (χ1v) is 8.78. The number of hydrogen-bond acceptors (Lipinski definition) is 6. The number of benzene rings is 2. The topological polar surface area (TPSA) is 75.6 Å².